The highest BCUT2D eigenvalue weighted by Crippen LogP contribution is 2.43. The van der Waals surface area contributed by atoms with Crippen molar-refractivity contribution in [3.8, 4) is 0 Å². The van der Waals surface area contributed by atoms with E-state index < -0.39 is 45.1 Å². The average Bonchev–Trinajstić information content (AvgIpc) is 3.09. The molecular weight excluding hydrogens is 657 g/mol. The molecule has 3 atom stereocenters. The number of ether oxygens (including phenoxy) is 2. The van der Waals surface area contributed by atoms with Crippen molar-refractivity contribution in [1.82, 2.24) is 0 Å². The maximum absolute atomic E-state index is 12.6. The van der Waals surface area contributed by atoms with Crippen molar-refractivity contribution in [3.63, 3.8) is 0 Å². The molecule has 0 aliphatic heterocycles. The molecule has 0 spiro atoms. The molecule has 298 valence electrons. The van der Waals surface area contributed by atoms with E-state index in [9.17, 15) is 19.0 Å². The van der Waals surface area contributed by atoms with E-state index >= 15 is 0 Å². The predicted molar refractivity (Wildman–Crippen MR) is 203 cm³/mol. The summed E-state index contributed by atoms with van der Waals surface area (Å²) in [4.78, 5) is 33.4. The van der Waals surface area contributed by atoms with Gasteiger partial charge in [0.2, 0.25) is 0 Å². The summed E-state index contributed by atoms with van der Waals surface area (Å²) in [7, 11) is -4.60. The van der Waals surface area contributed by atoms with Gasteiger partial charge in [-0.15, -0.1) is 0 Å². The number of phosphoric acid groups is 1. The summed E-state index contributed by atoms with van der Waals surface area (Å²) in [5.74, 6) is -1.77. The van der Waals surface area contributed by atoms with Crippen LogP contribution in [0.5, 0.6) is 0 Å². The molecule has 0 heterocycles. The van der Waals surface area contributed by atoms with Gasteiger partial charge in [0, 0.05) is 13.0 Å². The third kappa shape index (κ3) is 35.4. The molecule has 0 aromatic carbocycles. The number of hydrogen-bond acceptors (Lipinski definition) is 8. The predicted octanol–water partition coefficient (Wildman–Crippen LogP) is 10.8. The van der Waals surface area contributed by atoms with E-state index in [1.807, 2.05) is 0 Å². The van der Waals surface area contributed by atoms with Gasteiger partial charge in [-0.3, -0.25) is 18.6 Å². The molecule has 10 nitrogen and oxygen atoms in total. The topological polar surface area (TPSA) is 155 Å². The first kappa shape index (κ1) is 49.0. The van der Waals surface area contributed by atoms with Gasteiger partial charge in [0.15, 0.2) is 0 Å². The number of carboxylic acid groups (broad SMARTS) is 1. The largest absolute Gasteiger partial charge is 0.480 e. The van der Waals surface area contributed by atoms with E-state index in [0.29, 0.717) is 6.61 Å². The van der Waals surface area contributed by atoms with Crippen LogP contribution in [0.3, 0.4) is 0 Å². The van der Waals surface area contributed by atoms with E-state index in [1.165, 1.54) is 141 Å². The van der Waals surface area contributed by atoms with Gasteiger partial charge in [0.25, 0.3) is 0 Å². The molecule has 0 aromatic heterocycles. The van der Waals surface area contributed by atoms with Crippen LogP contribution in [0.1, 0.15) is 200 Å². The summed E-state index contributed by atoms with van der Waals surface area (Å²) < 4.78 is 33.2. The molecule has 50 heavy (non-hydrogen) atoms. The van der Waals surface area contributed by atoms with Crippen LogP contribution in [-0.4, -0.2) is 60.5 Å². The molecule has 11 heteroatoms. The number of carbonyl (C=O) groups is 2. The van der Waals surface area contributed by atoms with Crippen molar-refractivity contribution in [2.75, 3.05) is 26.4 Å². The Labute approximate surface area is 306 Å². The quantitative estimate of drug-likeness (QED) is 0.0314. The smallest absolute Gasteiger partial charge is 0.472 e. The minimum Gasteiger partial charge on any atom is -0.480 e. The first-order valence-electron chi connectivity index (χ1n) is 20.6. The molecule has 4 N–H and O–H groups in total. The molecule has 0 aliphatic carbocycles. The molecule has 0 amide bonds. The lowest BCUT2D eigenvalue weighted by atomic mass is 10.0. The number of phosphoric ester groups is 1. The lowest BCUT2D eigenvalue weighted by Gasteiger charge is -2.20. The van der Waals surface area contributed by atoms with Crippen molar-refractivity contribution < 1.29 is 42.7 Å². The second kappa shape index (κ2) is 36.3. The van der Waals surface area contributed by atoms with Crippen molar-refractivity contribution in [1.29, 1.82) is 0 Å². The summed E-state index contributed by atoms with van der Waals surface area (Å²) in [5.41, 5.74) is 5.34. The van der Waals surface area contributed by atoms with Crippen LogP contribution < -0.4 is 5.73 Å². The molecule has 3 unspecified atom stereocenters. The first-order chi connectivity index (χ1) is 24.2. The fourth-order valence-corrected chi connectivity index (χ4v) is 6.68. The van der Waals surface area contributed by atoms with Crippen LogP contribution in [0.2, 0.25) is 0 Å². The van der Waals surface area contributed by atoms with Gasteiger partial charge in [0.05, 0.1) is 19.8 Å². The summed E-state index contributed by atoms with van der Waals surface area (Å²) in [6.07, 6.45) is 34.4. The molecule has 0 radical (unpaired) electrons. The molecule has 0 fully saturated rings. The van der Waals surface area contributed by atoms with Gasteiger partial charge in [0.1, 0.15) is 12.1 Å². The number of carboxylic acids is 1. The van der Waals surface area contributed by atoms with Gasteiger partial charge < -0.3 is 25.2 Å². The van der Waals surface area contributed by atoms with E-state index in [2.05, 4.69) is 13.8 Å². The van der Waals surface area contributed by atoms with Crippen molar-refractivity contribution >= 4 is 19.8 Å². The van der Waals surface area contributed by atoms with E-state index in [0.717, 1.165) is 38.5 Å². The van der Waals surface area contributed by atoms with Gasteiger partial charge >= 0.3 is 19.8 Å². The summed E-state index contributed by atoms with van der Waals surface area (Å²) >= 11 is 0. The number of esters is 1. The zero-order valence-electron chi connectivity index (χ0n) is 32.3. The Balaban J connectivity index is 4.16. The highest BCUT2D eigenvalue weighted by atomic mass is 31.2. The van der Waals surface area contributed by atoms with Gasteiger partial charge in [-0.1, -0.05) is 181 Å². The maximum Gasteiger partial charge on any atom is 0.472 e. The highest BCUT2D eigenvalue weighted by molar-refractivity contribution is 7.47. The minimum atomic E-state index is -4.60. The summed E-state index contributed by atoms with van der Waals surface area (Å²) in [6.45, 7) is 3.90. The summed E-state index contributed by atoms with van der Waals surface area (Å²) in [6, 6.07) is -1.47. The van der Waals surface area contributed by atoms with Crippen LogP contribution in [0.15, 0.2) is 0 Å². The third-order valence-corrected chi connectivity index (χ3v) is 10.1. The van der Waals surface area contributed by atoms with Gasteiger partial charge in [-0.05, 0) is 12.8 Å². The van der Waals surface area contributed by atoms with Gasteiger partial charge in [-0.25, -0.2) is 4.57 Å². The molecule has 0 rings (SSSR count). The minimum absolute atomic E-state index is 0.0247. The number of aliphatic carboxylic acids is 1. The van der Waals surface area contributed by atoms with E-state index in [1.54, 1.807) is 0 Å². The number of nitrogens with two attached hydrogens (primary N) is 1. The normalized spacial score (nSPS) is 14.0. The van der Waals surface area contributed by atoms with Crippen LogP contribution in [0.25, 0.3) is 0 Å². The Hall–Kier alpha value is -1.03. The van der Waals surface area contributed by atoms with Crippen LogP contribution >= 0.6 is 7.82 Å². The van der Waals surface area contributed by atoms with Crippen molar-refractivity contribution in [2.45, 2.75) is 212 Å². The lowest BCUT2D eigenvalue weighted by molar-refractivity contribution is -0.154. The Morgan fingerprint density at radius 3 is 1.32 bits per heavy atom. The van der Waals surface area contributed by atoms with Crippen LogP contribution in [0.4, 0.5) is 0 Å². The zero-order chi connectivity index (χ0) is 37.0. The van der Waals surface area contributed by atoms with E-state index in [-0.39, 0.29) is 13.0 Å². The molecule has 0 aliphatic rings. The average molecular weight is 736 g/mol. The number of unbranched alkanes of at least 4 members (excludes halogenated alkanes) is 26. The van der Waals surface area contributed by atoms with Crippen LogP contribution in [-0.2, 0) is 32.7 Å². The SMILES string of the molecule is CCCCCCCCCCCCCCCCCCCCC(=O)OC(COCCCCCCCCCCCC)COP(=O)(O)OCC(N)C(=O)O. The summed E-state index contributed by atoms with van der Waals surface area (Å²) in [5, 5.41) is 8.87. The van der Waals surface area contributed by atoms with E-state index in [4.69, 9.17) is 29.4 Å². The highest BCUT2D eigenvalue weighted by Gasteiger charge is 2.27. The molecule has 0 saturated heterocycles. The maximum atomic E-state index is 12.6. The molecule has 0 bridgehead atoms. The molecular formula is C39H78NO9P. The van der Waals surface area contributed by atoms with Gasteiger partial charge in [-0.2, -0.15) is 0 Å². The standard InChI is InChI=1S/C39H78NO9P/c1-3-5-7-9-11-13-15-16-17-18-19-20-21-22-23-25-27-29-31-38(41)49-36(34-47-50(44,45)48-35-37(40)39(42)43)33-46-32-30-28-26-24-14-12-10-8-6-4-2/h36-37H,3-35,40H2,1-2H3,(H,42,43)(H,44,45). The Bertz CT molecular complexity index is 816. The number of rotatable bonds is 40. The monoisotopic (exact) mass is 736 g/mol. The lowest BCUT2D eigenvalue weighted by Crippen LogP contribution is -2.34. The van der Waals surface area contributed by atoms with Crippen molar-refractivity contribution in [2.24, 2.45) is 5.73 Å². The molecule has 0 aromatic rings. The zero-order valence-corrected chi connectivity index (χ0v) is 33.2. The molecule has 0 saturated carbocycles. The Morgan fingerprint density at radius 1 is 0.560 bits per heavy atom. The number of hydrogen-bond donors (Lipinski definition) is 3. The van der Waals surface area contributed by atoms with Crippen molar-refractivity contribution in [3.05, 3.63) is 0 Å². The van der Waals surface area contributed by atoms with Crippen LogP contribution in [0, 0.1) is 0 Å². The fraction of sp³-hybridized carbons (Fsp3) is 0.949. The Kier molecular flexibility index (Phi) is 35.6. The second-order valence-corrected chi connectivity index (χ2v) is 15.6. The Morgan fingerprint density at radius 2 is 0.920 bits per heavy atom. The fourth-order valence-electron chi connectivity index (χ4n) is 5.90. The number of carbonyl (C=O) groups excluding carboxylic acids is 1. The third-order valence-electron chi connectivity index (χ3n) is 9.14. The first-order valence-corrected chi connectivity index (χ1v) is 22.1. The second-order valence-electron chi connectivity index (χ2n) is 14.1.